The van der Waals surface area contributed by atoms with Gasteiger partial charge in [-0.3, -0.25) is 9.89 Å². The lowest BCUT2D eigenvalue weighted by Crippen LogP contribution is -2.05. The van der Waals surface area contributed by atoms with Crippen molar-refractivity contribution in [1.82, 2.24) is 15.2 Å². The number of carbonyl (C=O) groups is 1. The first-order chi connectivity index (χ1) is 7.65. The van der Waals surface area contributed by atoms with E-state index in [4.69, 9.17) is 5.73 Å². The number of hydrogen-bond donors (Lipinski definition) is 3. The molecule has 2 rings (SSSR count). The lowest BCUT2D eigenvalue weighted by Gasteiger charge is -2.02. The van der Waals surface area contributed by atoms with Crippen LogP contribution in [0.5, 0.6) is 0 Å². The summed E-state index contributed by atoms with van der Waals surface area (Å²) in [6.45, 7) is 1.46. The highest BCUT2D eigenvalue weighted by atomic mass is 16.1. The molecular weight excluding hydrogens is 206 g/mol. The first-order valence-corrected chi connectivity index (χ1v) is 4.71. The van der Waals surface area contributed by atoms with Crippen molar-refractivity contribution in [3.05, 3.63) is 24.3 Å². The van der Waals surface area contributed by atoms with E-state index < -0.39 is 0 Å². The van der Waals surface area contributed by atoms with Crippen LogP contribution < -0.4 is 11.1 Å². The zero-order chi connectivity index (χ0) is 11.5. The summed E-state index contributed by atoms with van der Waals surface area (Å²) in [6.07, 6.45) is 0. The molecule has 6 nitrogen and oxygen atoms in total. The van der Waals surface area contributed by atoms with Gasteiger partial charge in [0.15, 0.2) is 5.82 Å². The van der Waals surface area contributed by atoms with Gasteiger partial charge in [-0.05, 0) is 24.3 Å². The molecule has 0 aliphatic heterocycles. The van der Waals surface area contributed by atoms with Crippen LogP contribution in [0.3, 0.4) is 0 Å². The molecule has 0 atom stereocenters. The summed E-state index contributed by atoms with van der Waals surface area (Å²) in [4.78, 5) is 14.8. The van der Waals surface area contributed by atoms with E-state index in [-0.39, 0.29) is 11.9 Å². The normalized spacial score (nSPS) is 10.1. The topological polar surface area (TPSA) is 96.7 Å². The molecule has 1 heterocycles. The number of benzene rings is 1. The van der Waals surface area contributed by atoms with Gasteiger partial charge in [-0.15, -0.1) is 5.10 Å². The quantitative estimate of drug-likeness (QED) is 0.699. The number of rotatable bonds is 2. The van der Waals surface area contributed by atoms with E-state index in [1.165, 1.54) is 6.92 Å². The van der Waals surface area contributed by atoms with Crippen molar-refractivity contribution in [3.63, 3.8) is 0 Å². The number of H-pyrrole nitrogens is 1. The number of carbonyl (C=O) groups excluding carboxylic acids is 1. The number of aromatic amines is 1. The minimum atomic E-state index is -0.100. The molecule has 6 heteroatoms. The number of nitrogens with two attached hydrogens (primary N) is 1. The highest BCUT2D eigenvalue weighted by Crippen LogP contribution is 2.17. The third kappa shape index (κ3) is 2.17. The van der Waals surface area contributed by atoms with Gasteiger partial charge in [-0.1, -0.05) is 0 Å². The number of aromatic nitrogens is 3. The average molecular weight is 217 g/mol. The van der Waals surface area contributed by atoms with Gasteiger partial charge < -0.3 is 11.1 Å². The van der Waals surface area contributed by atoms with Crippen LogP contribution >= 0.6 is 0 Å². The maximum absolute atomic E-state index is 10.8. The Labute approximate surface area is 91.9 Å². The van der Waals surface area contributed by atoms with Crippen LogP contribution in [0.4, 0.5) is 11.6 Å². The van der Waals surface area contributed by atoms with Gasteiger partial charge in [0, 0.05) is 18.2 Å². The minimum absolute atomic E-state index is 0.100. The van der Waals surface area contributed by atoms with Crippen molar-refractivity contribution < 1.29 is 4.79 Å². The standard InChI is InChI=1S/C10H11N5O/c1-6(16)12-8-4-2-7(3-5-8)9-13-10(11)15-14-9/h2-5H,1H3,(H,12,16)(H3,11,13,14,15). The third-order valence-corrected chi connectivity index (χ3v) is 1.98. The summed E-state index contributed by atoms with van der Waals surface area (Å²) >= 11 is 0. The first kappa shape index (κ1) is 10.2. The summed E-state index contributed by atoms with van der Waals surface area (Å²) in [5.41, 5.74) is 7.00. The van der Waals surface area contributed by atoms with Crippen LogP contribution in [-0.4, -0.2) is 21.1 Å². The number of nitrogens with zero attached hydrogens (tertiary/aromatic N) is 2. The molecule has 0 fully saturated rings. The molecule has 0 spiro atoms. The fourth-order valence-corrected chi connectivity index (χ4v) is 1.32. The summed E-state index contributed by atoms with van der Waals surface area (Å²) in [5, 5.41) is 9.12. The predicted molar refractivity (Wildman–Crippen MR) is 60.5 cm³/mol. The van der Waals surface area contributed by atoms with Gasteiger partial charge in [0.25, 0.3) is 0 Å². The Hall–Kier alpha value is -2.37. The second-order valence-electron chi connectivity index (χ2n) is 3.30. The molecule has 82 valence electrons. The summed E-state index contributed by atoms with van der Waals surface area (Å²) in [6, 6.07) is 7.22. The SMILES string of the molecule is CC(=O)Nc1ccc(-c2nc(N)n[nH]2)cc1. The average Bonchev–Trinajstić information content (AvgIpc) is 2.65. The van der Waals surface area contributed by atoms with Crippen LogP contribution in [0.25, 0.3) is 11.4 Å². The Kier molecular flexibility index (Phi) is 2.55. The molecule has 0 unspecified atom stereocenters. The molecule has 1 amide bonds. The van der Waals surface area contributed by atoms with Crippen molar-refractivity contribution in [2.45, 2.75) is 6.92 Å². The molecule has 1 aromatic heterocycles. The molecule has 4 N–H and O–H groups in total. The molecular formula is C10H11N5O. The Morgan fingerprint density at radius 1 is 1.38 bits per heavy atom. The third-order valence-electron chi connectivity index (χ3n) is 1.98. The molecule has 0 bridgehead atoms. The van der Waals surface area contributed by atoms with Crippen molar-refractivity contribution in [3.8, 4) is 11.4 Å². The maximum atomic E-state index is 10.8. The van der Waals surface area contributed by atoms with Crippen LogP contribution in [0.2, 0.25) is 0 Å². The molecule has 1 aromatic carbocycles. The molecule has 2 aromatic rings. The lowest BCUT2D eigenvalue weighted by molar-refractivity contribution is -0.114. The van der Waals surface area contributed by atoms with Crippen molar-refractivity contribution in [2.75, 3.05) is 11.1 Å². The lowest BCUT2D eigenvalue weighted by atomic mass is 10.2. The van der Waals surface area contributed by atoms with E-state index in [1.807, 2.05) is 12.1 Å². The van der Waals surface area contributed by atoms with Gasteiger partial charge >= 0.3 is 0 Å². The predicted octanol–water partition coefficient (Wildman–Crippen LogP) is 1.01. The highest BCUT2D eigenvalue weighted by Gasteiger charge is 2.03. The van der Waals surface area contributed by atoms with Gasteiger partial charge in [0.1, 0.15) is 0 Å². The number of anilines is 2. The van der Waals surface area contributed by atoms with Crippen LogP contribution in [-0.2, 0) is 4.79 Å². The maximum Gasteiger partial charge on any atom is 0.239 e. The largest absolute Gasteiger partial charge is 0.366 e. The van der Waals surface area contributed by atoms with E-state index in [0.717, 1.165) is 11.3 Å². The Balaban J connectivity index is 2.22. The summed E-state index contributed by atoms with van der Waals surface area (Å²) < 4.78 is 0. The number of amides is 1. The van der Waals surface area contributed by atoms with E-state index >= 15 is 0 Å². The zero-order valence-electron chi connectivity index (χ0n) is 8.69. The van der Waals surface area contributed by atoms with E-state index in [9.17, 15) is 4.79 Å². The van der Waals surface area contributed by atoms with Crippen molar-refractivity contribution in [2.24, 2.45) is 0 Å². The van der Waals surface area contributed by atoms with Crippen LogP contribution in [0.15, 0.2) is 24.3 Å². The minimum Gasteiger partial charge on any atom is -0.366 e. The fraction of sp³-hybridized carbons (Fsp3) is 0.100. The van der Waals surface area contributed by atoms with Gasteiger partial charge in [-0.25, -0.2) is 0 Å². The molecule has 16 heavy (non-hydrogen) atoms. The van der Waals surface area contributed by atoms with Gasteiger partial charge in [0.2, 0.25) is 11.9 Å². The fourth-order valence-electron chi connectivity index (χ4n) is 1.32. The Morgan fingerprint density at radius 2 is 2.06 bits per heavy atom. The summed E-state index contributed by atoms with van der Waals surface area (Å²) in [5.74, 6) is 0.712. The number of nitrogens with one attached hydrogen (secondary N) is 2. The Bertz CT molecular complexity index is 502. The van der Waals surface area contributed by atoms with E-state index in [0.29, 0.717) is 5.82 Å². The second-order valence-corrected chi connectivity index (χ2v) is 3.30. The number of nitrogen functional groups attached to an aromatic ring is 1. The number of hydrogen-bond acceptors (Lipinski definition) is 4. The van der Waals surface area contributed by atoms with Gasteiger partial charge in [0.05, 0.1) is 0 Å². The van der Waals surface area contributed by atoms with Crippen molar-refractivity contribution in [1.29, 1.82) is 0 Å². The first-order valence-electron chi connectivity index (χ1n) is 4.71. The molecule has 0 saturated carbocycles. The molecule has 0 aliphatic carbocycles. The highest BCUT2D eigenvalue weighted by molar-refractivity contribution is 5.88. The molecule has 0 aliphatic rings. The van der Waals surface area contributed by atoms with Crippen molar-refractivity contribution >= 4 is 17.5 Å². The van der Waals surface area contributed by atoms with E-state index in [2.05, 4.69) is 20.5 Å². The van der Waals surface area contributed by atoms with Gasteiger partial charge in [-0.2, -0.15) is 4.98 Å². The van der Waals surface area contributed by atoms with Crippen LogP contribution in [0, 0.1) is 0 Å². The molecule has 0 radical (unpaired) electrons. The molecule has 0 saturated heterocycles. The Morgan fingerprint density at radius 3 is 2.56 bits per heavy atom. The zero-order valence-corrected chi connectivity index (χ0v) is 8.69. The van der Waals surface area contributed by atoms with E-state index in [1.54, 1.807) is 12.1 Å². The second kappa shape index (κ2) is 4.01. The smallest absolute Gasteiger partial charge is 0.239 e. The summed E-state index contributed by atoms with van der Waals surface area (Å²) in [7, 11) is 0. The van der Waals surface area contributed by atoms with Crippen LogP contribution in [0.1, 0.15) is 6.92 Å². The monoisotopic (exact) mass is 217 g/mol.